The van der Waals surface area contributed by atoms with E-state index in [1.54, 1.807) is 11.7 Å². The predicted octanol–water partition coefficient (Wildman–Crippen LogP) is -0.710. The molecule has 1 N–H and O–H groups in total. The molecule has 0 amide bonds. The Morgan fingerprint density at radius 1 is 1.67 bits per heavy atom. The van der Waals surface area contributed by atoms with Crippen LogP contribution in [0.3, 0.4) is 0 Å². The zero-order valence-corrected chi connectivity index (χ0v) is 6.84. The Morgan fingerprint density at radius 2 is 2.50 bits per heavy atom. The number of aliphatic hydroxyl groups excluding tert-OH is 1. The van der Waals surface area contributed by atoms with Gasteiger partial charge in [0.15, 0.2) is 0 Å². The smallest absolute Gasteiger partial charge is 0.0907 e. The molecule has 0 saturated carbocycles. The van der Waals surface area contributed by atoms with Gasteiger partial charge >= 0.3 is 0 Å². The predicted molar refractivity (Wildman–Crippen MR) is 40.6 cm³/mol. The highest BCUT2D eigenvalue weighted by Gasteiger charge is 2.29. The van der Waals surface area contributed by atoms with Gasteiger partial charge in [0.2, 0.25) is 0 Å². The summed E-state index contributed by atoms with van der Waals surface area (Å²) in [5.74, 6) is -0.00120. The first-order chi connectivity index (χ1) is 5.77. The van der Waals surface area contributed by atoms with E-state index in [0.717, 1.165) is 5.69 Å². The first kappa shape index (κ1) is 7.70. The van der Waals surface area contributed by atoms with Crippen LogP contribution >= 0.6 is 0 Å². The van der Waals surface area contributed by atoms with Crippen LogP contribution in [0.2, 0.25) is 0 Å². The Morgan fingerprint density at radius 3 is 3.00 bits per heavy atom. The van der Waals surface area contributed by atoms with E-state index in [1.165, 1.54) is 0 Å². The molecule has 0 bridgehead atoms. The Labute approximate surface area is 70.0 Å². The van der Waals surface area contributed by atoms with Crippen molar-refractivity contribution in [2.24, 2.45) is 7.05 Å². The van der Waals surface area contributed by atoms with Gasteiger partial charge < -0.3 is 9.84 Å². The molecule has 1 aromatic heterocycles. The fourth-order valence-electron chi connectivity index (χ4n) is 1.36. The Hall–Kier alpha value is -0.940. The molecule has 0 spiro atoms. The van der Waals surface area contributed by atoms with Crippen LogP contribution in [0.25, 0.3) is 0 Å². The third-order valence-corrected chi connectivity index (χ3v) is 2.05. The van der Waals surface area contributed by atoms with E-state index in [9.17, 15) is 5.11 Å². The highest BCUT2D eigenvalue weighted by Crippen LogP contribution is 2.23. The first-order valence-corrected chi connectivity index (χ1v) is 3.89. The third kappa shape index (κ3) is 1.21. The van der Waals surface area contributed by atoms with Crippen LogP contribution < -0.4 is 0 Å². The Balaban J connectivity index is 2.19. The fraction of sp³-hybridized carbons (Fsp3) is 0.714. The van der Waals surface area contributed by atoms with Crippen molar-refractivity contribution in [1.82, 2.24) is 15.0 Å². The fourth-order valence-corrected chi connectivity index (χ4v) is 1.36. The van der Waals surface area contributed by atoms with Gasteiger partial charge in [-0.05, 0) is 0 Å². The van der Waals surface area contributed by atoms with Crippen LogP contribution in [-0.2, 0) is 11.8 Å². The molecule has 2 atom stereocenters. The molecule has 1 saturated heterocycles. The Bertz CT molecular complexity index is 273. The van der Waals surface area contributed by atoms with Crippen molar-refractivity contribution in [3.8, 4) is 0 Å². The monoisotopic (exact) mass is 169 g/mol. The van der Waals surface area contributed by atoms with E-state index >= 15 is 0 Å². The van der Waals surface area contributed by atoms with Gasteiger partial charge in [-0.2, -0.15) is 0 Å². The molecule has 12 heavy (non-hydrogen) atoms. The lowest BCUT2D eigenvalue weighted by atomic mass is 10.0. The van der Waals surface area contributed by atoms with Gasteiger partial charge in [-0.3, -0.25) is 4.68 Å². The number of hydrogen-bond acceptors (Lipinski definition) is 4. The van der Waals surface area contributed by atoms with Gasteiger partial charge in [0.05, 0.1) is 30.9 Å². The van der Waals surface area contributed by atoms with Gasteiger partial charge in [0.1, 0.15) is 0 Å². The second-order valence-corrected chi connectivity index (χ2v) is 3.03. The maximum Gasteiger partial charge on any atom is 0.0907 e. The molecule has 1 aliphatic rings. The lowest BCUT2D eigenvalue weighted by Crippen LogP contribution is -2.15. The van der Waals surface area contributed by atoms with Crippen molar-refractivity contribution in [1.29, 1.82) is 0 Å². The van der Waals surface area contributed by atoms with Crippen LogP contribution in [0.4, 0.5) is 0 Å². The minimum absolute atomic E-state index is 0.00120. The largest absolute Gasteiger partial charge is 0.390 e. The third-order valence-electron chi connectivity index (χ3n) is 2.05. The molecule has 0 radical (unpaired) electrons. The number of aliphatic hydroxyl groups is 1. The second-order valence-electron chi connectivity index (χ2n) is 3.03. The molecule has 1 aromatic rings. The summed E-state index contributed by atoms with van der Waals surface area (Å²) < 4.78 is 6.73. The second kappa shape index (κ2) is 2.84. The lowest BCUT2D eigenvalue weighted by Gasteiger charge is -2.06. The van der Waals surface area contributed by atoms with E-state index < -0.39 is 6.10 Å². The Kier molecular flexibility index (Phi) is 1.82. The minimum atomic E-state index is -0.429. The summed E-state index contributed by atoms with van der Waals surface area (Å²) in [6.07, 6.45) is 1.38. The van der Waals surface area contributed by atoms with E-state index in [1.807, 2.05) is 6.20 Å². The maximum absolute atomic E-state index is 9.45. The maximum atomic E-state index is 9.45. The van der Waals surface area contributed by atoms with Gasteiger partial charge in [0, 0.05) is 13.2 Å². The molecule has 0 aromatic carbocycles. The molecule has 0 unspecified atom stereocenters. The van der Waals surface area contributed by atoms with Crippen molar-refractivity contribution in [3.05, 3.63) is 11.9 Å². The van der Waals surface area contributed by atoms with Crippen LogP contribution in [-0.4, -0.2) is 39.4 Å². The number of rotatable bonds is 1. The SMILES string of the molecule is Cn1cc([C@@H]2COC[C@H]2O)nn1. The molecule has 66 valence electrons. The summed E-state index contributed by atoms with van der Waals surface area (Å²) in [6, 6.07) is 0. The summed E-state index contributed by atoms with van der Waals surface area (Å²) in [5.41, 5.74) is 0.808. The van der Waals surface area contributed by atoms with E-state index in [-0.39, 0.29) is 5.92 Å². The number of nitrogens with zero attached hydrogens (tertiary/aromatic N) is 3. The van der Waals surface area contributed by atoms with Crippen molar-refractivity contribution in [2.75, 3.05) is 13.2 Å². The topological polar surface area (TPSA) is 60.2 Å². The van der Waals surface area contributed by atoms with Gasteiger partial charge in [-0.25, -0.2) is 0 Å². The quantitative estimate of drug-likeness (QED) is 0.603. The molecule has 2 rings (SSSR count). The van der Waals surface area contributed by atoms with Crippen molar-refractivity contribution >= 4 is 0 Å². The normalized spacial score (nSPS) is 29.5. The number of hydrogen-bond donors (Lipinski definition) is 1. The summed E-state index contributed by atoms with van der Waals surface area (Å²) in [6.45, 7) is 0.946. The standard InChI is InChI=1S/C7H11N3O2/c1-10-2-6(8-9-10)5-3-12-4-7(5)11/h2,5,7,11H,3-4H2,1H3/t5-,7+/m0/s1. The van der Waals surface area contributed by atoms with Crippen LogP contribution in [0.1, 0.15) is 11.6 Å². The van der Waals surface area contributed by atoms with E-state index in [2.05, 4.69) is 10.3 Å². The van der Waals surface area contributed by atoms with Crippen molar-refractivity contribution < 1.29 is 9.84 Å². The molecular formula is C7H11N3O2. The minimum Gasteiger partial charge on any atom is -0.390 e. The molecule has 5 heteroatoms. The molecule has 2 heterocycles. The summed E-state index contributed by atoms with van der Waals surface area (Å²) in [5, 5.41) is 17.2. The zero-order valence-electron chi connectivity index (χ0n) is 6.84. The molecule has 1 aliphatic heterocycles. The van der Waals surface area contributed by atoms with Gasteiger partial charge in [0.25, 0.3) is 0 Å². The summed E-state index contributed by atoms with van der Waals surface area (Å²) >= 11 is 0. The zero-order chi connectivity index (χ0) is 8.55. The highest BCUT2D eigenvalue weighted by atomic mass is 16.5. The van der Waals surface area contributed by atoms with E-state index in [4.69, 9.17) is 4.74 Å². The summed E-state index contributed by atoms with van der Waals surface area (Å²) in [4.78, 5) is 0. The van der Waals surface area contributed by atoms with Gasteiger partial charge in [-0.15, -0.1) is 5.10 Å². The van der Waals surface area contributed by atoms with Crippen molar-refractivity contribution in [3.63, 3.8) is 0 Å². The summed E-state index contributed by atoms with van der Waals surface area (Å²) in [7, 11) is 1.80. The van der Waals surface area contributed by atoms with Crippen LogP contribution in [0, 0.1) is 0 Å². The molecule has 5 nitrogen and oxygen atoms in total. The van der Waals surface area contributed by atoms with Crippen LogP contribution in [0.5, 0.6) is 0 Å². The number of aromatic nitrogens is 3. The first-order valence-electron chi connectivity index (χ1n) is 3.89. The molecule has 1 fully saturated rings. The molecular weight excluding hydrogens is 158 g/mol. The van der Waals surface area contributed by atoms with E-state index in [0.29, 0.717) is 13.2 Å². The van der Waals surface area contributed by atoms with Crippen molar-refractivity contribution in [2.45, 2.75) is 12.0 Å². The number of aryl methyl sites for hydroxylation is 1. The lowest BCUT2D eigenvalue weighted by molar-refractivity contribution is 0.124. The number of ether oxygens (including phenoxy) is 1. The van der Waals surface area contributed by atoms with Gasteiger partial charge in [-0.1, -0.05) is 5.21 Å². The molecule has 0 aliphatic carbocycles. The highest BCUT2D eigenvalue weighted by molar-refractivity contribution is 5.06. The average molecular weight is 169 g/mol. The van der Waals surface area contributed by atoms with Crippen LogP contribution in [0.15, 0.2) is 6.20 Å². The average Bonchev–Trinajstić information content (AvgIpc) is 2.58.